The van der Waals surface area contributed by atoms with Gasteiger partial charge in [0.15, 0.2) is 0 Å². The third kappa shape index (κ3) is 2.38. The summed E-state index contributed by atoms with van der Waals surface area (Å²) in [6.45, 7) is 4.26. The molecule has 0 amide bonds. The second-order valence-electron chi connectivity index (χ2n) is 4.39. The van der Waals surface area contributed by atoms with Crippen LogP contribution < -0.4 is 5.32 Å². The van der Waals surface area contributed by atoms with Crippen LogP contribution in [0.1, 0.15) is 37.7 Å². The smallest absolute Gasteiger partial charge is 0.104 e. The highest BCUT2D eigenvalue weighted by molar-refractivity contribution is 5.05. The van der Waals surface area contributed by atoms with E-state index in [0.29, 0.717) is 12.1 Å². The number of nitrogens with one attached hydrogen (secondary N) is 1. The van der Waals surface area contributed by atoms with Crippen LogP contribution in [0.5, 0.6) is 0 Å². The molecule has 2 atom stereocenters. The van der Waals surface area contributed by atoms with Gasteiger partial charge in [-0.1, -0.05) is 0 Å². The zero-order valence-corrected chi connectivity index (χ0v) is 9.05. The molecule has 14 heavy (non-hydrogen) atoms. The molecule has 1 aromatic rings. The first-order chi connectivity index (χ1) is 6.74. The van der Waals surface area contributed by atoms with Crippen molar-refractivity contribution in [1.29, 1.82) is 0 Å². The minimum absolute atomic E-state index is 0.704. The fourth-order valence-corrected chi connectivity index (χ4v) is 2.18. The Hall–Kier alpha value is -0.760. The predicted molar refractivity (Wildman–Crippen MR) is 57.4 cm³/mol. The van der Waals surface area contributed by atoms with Gasteiger partial charge in [-0.05, 0) is 45.2 Å². The highest BCUT2D eigenvalue weighted by Gasteiger charge is 2.19. The SMILES string of the molecule is Cc1ccc(CCC2CCC(C)N2)o1. The van der Waals surface area contributed by atoms with E-state index in [1.54, 1.807) is 0 Å². The number of hydrogen-bond donors (Lipinski definition) is 1. The molecular weight excluding hydrogens is 174 g/mol. The molecule has 2 heterocycles. The second-order valence-corrected chi connectivity index (χ2v) is 4.39. The number of aryl methyl sites for hydroxylation is 2. The van der Waals surface area contributed by atoms with Crippen LogP contribution in [0.4, 0.5) is 0 Å². The lowest BCUT2D eigenvalue weighted by Gasteiger charge is -2.09. The van der Waals surface area contributed by atoms with Gasteiger partial charge >= 0.3 is 0 Å². The summed E-state index contributed by atoms with van der Waals surface area (Å²) in [5.74, 6) is 2.15. The van der Waals surface area contributed by atoms with Crippen molar-refractivity contribution in [3.8, 4) is 0 Å². The Morgan fingerprint density at radius 3 is 2.86 bits per heavy atom. The minimum Gasteiger partial charge on any atom is -0.466 e. The molecule has 0 spiro atoms. The summed E-state index contributed by atoms with van der Waals surface area (Å²) < 4.78 is 5.54. The first-order valence-corrected chi connectivity index (χ1v) is 5.55. The average molecular weight is 193 g/mol. The summed E-state index contributed by atoms with van der Waals surface area (Å²) in [7, 11) is 0. The first kappa shape index (κ1) is 9.78. The summed E-state index contributed by atoms with van der Waals surface area (Å²) in [5.41, 5.74) is 0. The maximum Gasteiger partial charge on any atom is 0.104 e. The summed E-state index contributed by atoms with van der Waals surface area (Å²) in [6, 6.07) is 5.54. The van der Waals surface area contributed by atoms with Crippen LogP contribution in [-0.4, -0.2) is 12.1 Å². The van der Waals surface area contributed by atoms with E-state index in [1.807, 2.05) is 13.0 Å². The van der Waals surface area contributed by atoms with Gasteiger partial charge in [0.25, 0.3) is 0 Å². The molecule has 0 saturated carbocycles. The largest absolute Gasteiger partial charge is 0.466 e. The predicted octanol–water partition coefficient (Wildman–Crippen LogP) is 2.66. The van der Waals surface area contributed by atoms with Gasteiger partial charge in [-0.3, -0.25) is 0 Å². The molecule has 78 valence electrons. The molecule has 0 aliphatic carbocycles. The lowest BCUT2D eigenvalue weighted by atomic mass is 10.1. The van der Waals surface area contributed by atoms with Crippen molar-refractivity contribution in [1.82, 2.24) is 5.32 Å². The summed E-state index contributed by atoms with van der Waals surface area (Å²) >= 11 is 0. The van der Waals surface area contributed by atoms with Gasteiger partial charge in [-0.2, -0.15) is 0 Å². The van der Waals surface area contributed by atoms with Crippen molar-refractivity contribution in [3.05, 3.63) is 23.7 Å². The van der Waals surface area contributed by atoms with Crippen molar-refractivity contribution in [2.24, 2.45) is 0 Å². The fraction of sp³-hybridized carbons (Fsp3) is 0.667. The normalized spacial score (nSPS) is 27.0. The zero-order valence-electron chi connectivity index (χ0n) is 9.05. The highest BCUT2D eigenvalue weighted by Crippen LogP contribution is 2.17. The van der Waals surface area contributed by atoms with Crippen molar-refractivity contribution in [2.75, 3.05) is 0 Å². The lowest BCUT2D eigenvalue weighted by molar-refractivity contribution is 0.450. The van der Waals surface area contributed by atoms with Crippen LogP contribution in [-0.2, 0) is 6.42 Å². The monoisotopic (exact) mass is 193 g/mol. The molecular formula is C12H19NO. The molecule has 2 nitrogen and oxygen atoms in total. The number of furan rings is 1. The van der Waals surface area contributed by atoms with Gasteiger partial charge in [-0.15, -0.1) is 0 Å². The molecule has 0 radical (unpaired) electrons. The van der Waals surface area contributed by atoms with Gasteiger partial charge in [-0.25, -0.2) is 0 Å². The second kappa shape index (κ2) is 4.18. The molecule has 1 aliphatic heterocycles. The van der Waals surface area contributed by atoms with Crippen LogP contribution in [0.25, 0.3) is 0 Å². The van der Waals surface area contributed by atoms with Crippen LogP contribution in [0.3, 0.4) is 0 Å². The van der Waals surface area contributed by atoms with Crippen LogP contribution in [0.15, 0.2) is 16.5 Å². The molecule has 1 fully saturated rings. The lowest BCUT2D eigenvalue weighted by Crippen LogP contribution is -2.27. The number of hydrogen-bond acceptors (Lipinski definition) is 2. The summed E-state index contributed by atoms with van der Waals surface area (Å²) in [6.07, 6.45) is 4.91. The maximum atomic E-state index is 5.54. The Morgan fingerprint density at radius 2 is 2.29 bits per heavy atom. The molecule has 1 aliphatic rings. The van der Waals surface area contributed by atoms with Crippen LogP contribution >= 0.6 is 0 Å². The zero-order chi connectivity index (χ0) is 9.97. The van der Waals surface area contributed by atoms with Crippen molar-refractivity contribution in [3.63, 3.8) is 0 Å². The Balaban J connectivity index is 1.77. The molecule has 2 heteroatoms. The Morgan fingerprint density at radius 1 is 1.43 bits per heavy atom. The van der Waals surface area contributed by atoms with E-state index in [2.05, 4.69) is 18.3 Å². The average Bonchev–Trinajstić information content (AvgIpc) is 2.72. The highest BCUT2D eigenvalue weighted by atomic mass is 16.3. The van der Waals surface area contributed by atoms with Crippen molar-refractivity contribution >= 4 is 0 Å². The minimum atomic E-state index is 0.704. The molecule has 0 bridgehead atoms. The van der Waals surface area contributed by atoms with Gasteiger partial charge in [0, 0.05) is 18.5 Å². The first-order valence-electron chi connectivity index (χ1n) is 5.55. The Kier molecular flexibility index (Phi) is 2.92. The molecule has 2 rings (SSSR count). The molecule has 1 saturated heterocycles. The standard InChI is InChI=1S/C12H19NO/c1-9-3-5-11(13-9)6-8-12-7-4-10(2)14-12/h4,7,9,11,13H,3,5-6,8H2,1-2H3. The Labute approximate surface area is 85.7 Å². The van der Waals surface area contributed by atoms with Crippen LogP contribution in [0, 0.1) is 6.92 Å². The molecule has 2 unspecified atom stereocenters. The van der Waals surface area contributed by atoms with Gasteiger partial charge in [0.05, 0.1) is 0 Å². The third-order valence-electron chi connectivity index (χ3n) is 3.00. The topological polar surface area (TPSA) is 25.2 Å². The van der Waals surface area contributed by atoms with Gasteiger partial charge in [0.2, 0.25) is 0 Å². The van der Waals surface area contributed by atoms with E-state index in [9.17, 15) is 0 Å². The summed E-state index contributed by atoms with van der Waals surface area (Å²) in [5, 5.41) is 3.59. The van der Waals surface area contributed by atoms with E-state index < -0.39 is 0 Å². The maximum absolute atomic E-state index is 5.54. The van der Waals surface area contributed by atoms with Crippen molar-refractivity contribution < 1.29 is 4.42 Å². The van der Waals surface area contributed by atoms with E-state index in [-0.39, 0.29) is 0 Å². The molecule has 0 aromatic carbocycles. The Bertz CT molecular complexity index is 292. The fourth-order valence-electron chi connectivity index (χ4n) is 2.18. The molecule has 1 aromatic heterocycles. The molecule has 1 N–H and O–H groups in total. The van der Waals surface area contributed by atoms with Gasteiger partial charge in [0.1, 0.15) is 11.5 Å². The van der Waals surface area contributed by atoms with Crippen LogP contribution in [0.2, 0.25) is 0 Å². The number of rotatable bonds is 3. The van der Waals surface area contributed by atoms with E-state index in [1.165, 1.54) is 19.3 Å². The summed E-state index contributed by atoms with van der Waals surface area (Å²) in [4.78, 5) is 0. The quantitative estimate of drug-likeness (QED) is 0.798. The van der Waals surface area contributed by atoms with E-state index in [0.717, 1.165) is 17.9 Å². The third-order valence-corrected chi connectivity index (χ3v) is 3.00. The van der Waals surface area contributed by atoms with E-state index in [4.69, 9.17) is 4.42 Å². The van der Waals surface area contributed by atoms with Gasteiger partial charge < -0.3 is 9.73 Å². The van der Waals surface area contributed by atoms with Crippen molar-refractivity contribution in [2.45, 2.75) is 51.6 Å². The van der Waals surface area contributed by atoms with E-state index >= 15 is 0 Å².